The van der Waals surface area contributed by atoms with Gasteiger partial charge in [-0.25, -0.2) is 23.1 Å². The summed E-state index contributed by atoms with van der Waals surface area (Å²) in [6, 6.07) is 20.8. The zero-order chi connectivity index (χ0) is 27.0. The third-order valence-electron chi connectivity index (χ3n) is 6.35. The molecule has 0 aliphatic carbocycles. The summed E-state index contributed by atoms with van der Waals surface area (Å²) in [4.78, 5) is 10.4. The summed E-state index contributed by atoms with van der Waals surface area (Å²) >= 11 is 6.46. The summed E-state index contributed by atoms with van der Waals surface area (Å²) in [6.07, 6.45) is 1.47. The monoisotopic (exact) mass is 550 g/mol. The standard InChI is InChI=1S/C29H22ClF3N4O2/c30-24-12-21(5-8-27(24)38-14-18-2-1-3-20(31)10-18)36-28-23-11-19(4-7-25(23)34-17-35-28)26-9-6-22(39-26)13-37-15-29(32,33)16-37/h1-12,17H,13-16H2,(H,34,35,36). The molecular formula is C29H22ClF3N4O2. The highest BCUT2D eigenvalue weighted by molar-refractivity contribution is 6.32. The van der Waals surface area contributed by atoms with Crippen LogP contribution in [0.25, 0.3) is 22.2 Å². The third-order valence-corrected chi connectivity index (χ3v) is 6.64. The van der Waals surface area contributed by atoms with Gasteiger partial charge in [-0.1, -0.05) is 23.7 Å². The van der Waals surface area contributed by atoms with Gasteiger partial charge in [0.25, 0.3) is 5.92 Å². The predicted molar refractivity (Wildman–Crippen MR) is 143 cm³/mol. The van der Waals surface area contributed by atoms with Gasteiger partial charge < -0.3 is 14.5 Å². The fraction of sp³-hybridized carbons (Fsp3) is 0.172. The highest BCUT2D eigenvalue weighted by Crippen LogP contribution is 2.34. The SMILES string of the molecule is Fc1cccc(COc2ccc(Nc3ncnc4ccc(-c5ccc(CN6CC(F)(F)C6)o5)cc34)cc2Cl)c1. The average molecular weight is 551 g/mol. The molecule has 1 aliphatic rings. The molecule has 0 saturated carbocycles. The summed E-state index contributed by atoms with van der Waals surface area (Å²) in [5.41, 5.74) is 2.92. The lowest BCUT2D eigenvalue weighted by Crippen LogP contribution is -2.55. The second-order valence-electron chi connectivity index (χ2n) is 9.41. The molecule has 0 spiro atoms. The van der Waals surface area contributed by atoms with Crippen molar-refractivity contribution >= 4 is 34.0 Å². The van der Waals surface area contributed by atoms with Crippen molar-refractivity contribution in [1.29, 1.82) is 0 Å². The number of nitrogens with one attached hydrogen (secondary N) is 1. The van der Waals surface area contributed by atoms with Gasteiger partial charge in [-0.3, -0.25) is 4.90 Å². The number of hydrogen-bond acceptors (Lipinski definition) is 6. The number of fused-ring (bicyclic) bond motifs is 1. The van der Waals surface area contributed by atoms with Crippen LogP contribution in [0.3, 0.4) is 0 Å². The maximum Gasteiger partial charge on any atom is 0.272 e. The molecule has 2 aromatic heterocycles. The van der Waals surface area contributed by atoms with E-state index < -0.39 is 5.92 Å². The van der Waals surface area contributed by atoms with Gasteiger partial charge in [0.15, 0.2) is 0 Å². The van der Waals surface area contributed by atoms with E-state index in [4.69, 9.17) is 20.8 Å². The molecule has 6 nitrogen and oxygen atoms in total. The lowest BCUT2D eigenvalue weighted by Gasteiger charge is -2.37. The fourth-order valence-corrected chi connectivity index (χ4v) is 4.72. The second kappa shape index (κ2) is 10.2. The smallest absolute Gasteiger partial charge is 0.272 e. The second-order valence-corrected chi connectivity index (χ2v) is 9.82. The third kappa shape index (κ3) is 5.69. The van der Waals surface area contributed by atoms with Gasteiger partial charge >= 0.3 is 0 Å². The number of rotatable bonds is 8. The van der Waals surface area contributed by atoms with E-state index in [1.165, 1.54) is 18.5 Å². The van der Waals surface area contributed by atoms with Crippen LogP contribution in [0.1, 0.15) is 11.3 Å². The summed E-state index contributed by atoms with van der Waals surface area (Å²) in [5, 5.41) is 4.43. The molecule has 5 aromatic rings. The first-order valence-electron chi connectivity index (χ1n) is 12.2. The highest BCUT2D eigenvalue weighted by Gasteiger charge is 2.43. The van der Waals surface area contributed by atoms with E-state index >= 15 is 0 Å². The number of nitrogens with zero attached hydrogens (tertiary/aromatic N) is 3. The van der Waals surface area contributed by atoms with E-state index in [2.05, 4.69) is 15.3 Å². The predicted octanol–water partition coefficient (Wildman–Crippen LogP) is 7.46. The van der Waals surface area contributed by atoms with Gasteiger partial charge in [0.05, 0.1) is 30.2 Å². The van der Waals surface area contributed by atoms with Crippen LogP contribution in [0.15, 0.2) is 83.5 Å². The minimum atomic E-state index is -2.61. The van der Waals surface area contributed by atoms with Crippen LogP contribution in [-0.4, -0.2) is 33.9 Å². The van der Waals surface area contributed by atoms with Crippen LogP contribution in [0.5, 0.6) is 5.75 Å². The van der Waals surface area contributed by atoms with E-state index in [-0.39, 0.29) is 25.5 Å². The Bertz CT molecular complexity index is 1650. The van der Waals surface area contributed by atoms with Crippen LogP contribution in [0.2, 0.25) is 5.02 Å². The molecule has 0 unspecified atom stereocenters. The van der Waals surface area contributed by atoms with Gasteiger partial charge in [0.1, 0.15) is 41.8 Å². The van der Waals surface area contributed by atoms with Gasteiger partial charge in [0, 0.05) is 16.6 Å². The molecule has 0 bridgehead atoms. The quantitative estimate of drug-likeness (QED) is 0.216. The van der Waals surface area contributed by atoms with Crippen molar-refractivity contribution in [3.8, 4) is 17.1 Å². The van der Waals surface area contributed by atoms with Crippen LogP contribution >= 0.6 is 11.6 Å². The van der Waals surface area contributed by atoms with Gasteiger partial charge in [0.2, 0.25) is 0 Å². The van der Waals surface area contributed by atoms with E-state index in [1.54, 1.807) is 35.2 Å². The molecular weight excluding hydrogens is 529 g/mol. The zero-order valence-corrected chi connectivity index (χ0v) is 21.3. The van der Waals surface area contributed by atoms with E-state index in [1.807, 2.05) is 30.3 Å². The highest BCUT2D eigenvalue weighted by atomic mass is 35.5. The molecule has 39 heavy (non-hydrogen) atoms. The van der Waals surface area contributed by atoms with Crippen molar-refractivity contribution in [2.75, 3.05) is 18.4 Å². The van der Waals surface area contributed by atoms with Crippen LogP contribution in [0, 0.1) is 5.82 Å². The minimum Gasteiger partial charge on any atom is -0.487 e. The number of alkyl halides is 2. The van der Waals surface area contributed by atoms with E-state index in [0.717, 1.165) is 16.5 Å². The number of anilines is 2. The van der Waals surface area contributed by atoms with Crippen LogP contribution in [0.4, 0.5) is 24.7 Å². The van der Waals surface area contributed by atoms with Crippen molar-refractivity contribution in [2.24, 2.45) is 0 Å². The molecule has 0 atom stereocenters. The number of likely N-dealkylation sites (tertiary alicyclic amines) is 1. The van der Waals surface area contributed by atoms with Gasteiger partial charge in [-0.15, -0.1) is 0 Å². The molecule has 6 rings (SSSR count). The Morgan fingerprint density at radius 1 is 1.00 bits per heavy atom. The van der Waals surface area contributed by atoms with Crippen molar-refractivity contribution in [1.82, 2.24) is 14.9 Å². The molecule has 198 valence electrons. The van der Waals surface area contributed by atoms with Gasteiger partial charge in [-0.2, -0.15) is 0 Å². The molecule has 10 heteroatoms. The van der Waals surface area contributed by atoms with Crippen molar-refractivity contribution in [2.45, 2.75) is 19.1 Å². The molecule has 0 amide bonds. The Morgan fingerprint density at radius 3 is 2.67 bits per heavy atom. The number of furan rings is 1. The van der Waals surface area contributed by atoms with E-state index in [9.17, 15) is 13.2 Å². The lowest BCUT2D eigenvalue weighted by molar-refractivity contribution is -0.135. The topological polar surface area (TPSA) is 63.4 Å². The minimum absolute atomic E-state index is 0.183. The number of hydrogen-bond donors (Lipinski definition) is 1. The van der Waals surface area contributed by atoms with Crippen molar-refractivity contribution < 1.29 is 22.3 Å². The largest absolute Gasteiger partial charge is 0.487 e. The number of halogens is 4. The van der Waals surface area contributed by atoms with Crippen molar-refractivity contribution in [3.63, 3.8) is 0 Å². The lowest BCUT2D eigenvalue weighted by atomic mass is 10.1. The molecule has 1 saturated heterocycles. The maximum atomic E-state index is 13.4. The van der Waals surface area contributed by atoms with Crippen LogP contribution < -0.4 is 10.1 Å². The Morgan fingerprint density at radius 2 is 1.87 bits per heavy atom. The molecule has 3 aromatic carbocycles. The zero-order valence-electron chi connectivity index (χ0n) is 20.5. The maximum absolute atomic E-state index is 13.4. The summed E-state index contributed by atoms with van der Waals surface area (Å²) in [5.74, 6) is -0.654. The first kappa shape index (κ1) is 25.2. The number of benzene rings is 3. The average Bonchev–Trinajstić information content (AvgIpc) is 3.36. The summed E-state index contributed by atoms with van der Waals surface area (Å²) < 4.78 is 51.4. The molecule has 0 radical (unpaired) electrons. The number of ether oxygens (including phenoxy) is 1. The summed E-state index contributed by atoms with van der Waals surface area (Å²) in [7, 11) is 0. The molecule has 1 N–H and O–H groups in total. The normalized spacial score (nSPS) is 14.8. The first-order valence-corrected chi connectivity index (χ1v) is 12.6. The van der Waals surface area contributed by atoms with Crippen LogP contribution in [-0.2, 0) is 13.2 Å². The Balaban J connectivity index is 1.18. The Kier molecular flexibility index (Phi) is 6.62. The number of aromatic nitrogens is 2. The Labute approximate surface area is 227 Å². The molecule has 3 heterocycles. The molecule has 1 aliphatic heterocycles. The summed E-state index contributed by atoms with van der Waals surface area (Å²) in [6.45, 7) is 0.00931. The van der Waals surface area contributed by atoms with Crippen molar-refractivity contribution in [3.05, 3.63) is 101 Å². The van der Waals surface area contributed by atoms with E-state index in [0.29, 0.717) is 45.9 Å². The van der Waals surface area contributed by atoms with Gasteiger partial charge in [-0.05, 0) is 66.2 Å². The Hall–Kier alpha value is -4.08. The first-order chi connectivity index (χ1) is 18.8. The fourth-order valence-electron chi connectivity index (χ4n) is 4.49. The molecule has 1 fully saturated rings.